The molecule has 0 radical (unpaired) electrons. The number of carbonyl (C=O) groups excluding carboxylic acids is 1. The minimum atomic E-state index is -0.607. The molecule has 0 bridgehead atoms. The number of rotatable bonds is 7. The van der Waals surface area contributed by atoms with Crippen molar-refractivity contribution in [3.63, 3.8) is 0 Å². The second kappa shape index (κ2) is 7.94. The van der Waals surface area contributed by atoms with Crippen molar-refractivity contribution < 1.29 is 13.6 Å². The number of carbonyl (C=O) groups is 1. The molecule has 0 aliphatic heterocycles. The molecule has 0 heterocycles. The van der Waals surface area contributed by atoms with Gasteiger partial charge in [-0.05, 0) is 25.3 Å². The highest BCUT2D eigenvalue weighted by Gasteiger charge is 2.12. The van der Waals surface area contributed by atoms with Crippen LogP contribution >= 0.6 is 0 Å². The Hall–Kier alpha value is -1.49. The van der Waals surface area contributed by atoms with Crippen molar-refractivity contribution in [3.8, 4) is 0 Å². The molecule has 1 aromatic carbocycles. The fourth-order valence-electron chi connectivity index (χ4n) is 1.66. The van der Waals surface area contributed by atoms with Gasteiger partial charge in [0.05, 0.1) is 6.04 Å². The molecule has 1 atom stereocenters. The van der Waals surface area contributed by atoms with Crippen LogP contribution in [-0.4, -0.2) is 18.5 Å². The summed E-state index contributed by atoms with van der Waals surface area (Å²) >= 11 is 0. The predicted molar refractivity (Wildman–Crippen MR) is 75.1 cm³/mol. The quantitative estimate of drug-likeness (QED) is 0.808. The SMILES string of the molecule is CC(C)CCNC(=O)C(C)NCc1ccc(F)cc1F. The number of hydrogen-bond acceptors (Lipinski definition) is 2. The van der Waals surface area contributed by atoms with Crippen LogP contribution in [0.5, 0.6) is 0 Å². The van der Waals surface area contributed by atoms with Gasteiger partial charge in [-0.3, -0.25) is 4.79 Å². The molecule has 2 N–H and O–H groups in total. The van der Waals surface area contributed by atoms with Gasteiger partial charge in [-0.15, -0.1) is 0 Å². The summed E-state index contributed by atoms with van der Waals surface area (Å²) in [7, 11) is 0. The van der Waals surface area contributed by atoms with Gasteiger partial charge in [0, 0.05) is 24.7 Å². The molecule has 20 heavy (non-hydrogen) atoms. The van der Waals surface area contributed by atoms with Crippen LogP contribution in [0.4, 0.5) is 8.78 Å². The third-order valence-corrected chi connectivity index (χ3v) is 3.03. The molecule has 0 spiro atoms. The van der Waals surface area contributed by atoms with Crippen LogP contribution in [0.1, 0.15) is 32.8 Å². The topological polar surface area (TPSA) is 41.1 Å². The summed E-state index contributed by atoms with van der Waals surface area (Å²) in [5.74, 6) is -0.796. The Balaban J connectivity index is 2.38. The fraction of sp³-hybridized carbons (Fsp3) is 0.533. The summed E-state index contributed by atoms with van der Waals surface area (Å²) in [4.78, 5) is 11.8. The molecule has 3 nitrogen and oxygen atoms in total. The van der Waals surface area contributed by atoms with Crippen LogP contribution < -0.4 is 10.6 Å². The summed E-state index contributed by atoms with van der Waals surface area (Å²) in [6.07, 6.45) is 0.922. The van der Waals surface area contributed by atoms with Crippen LogP contribution in [0.3, 0.4) is 0 Å². The van der Waals surface area contributed by atoms with Crippen molar-refractivity contribution >= 4 is 5.91 Å². The molecule has 112 valence electrons. The molecule has 0 saturated carbocycles. The molecule has 1 amide bonds. The van der Waals surface area contributed by atoms with E-state index in [4.69, 9.17) is 0 Å². The monoisotopic (exact) mass is 284 g/mol. The Morgan fingerprint density at radius 1 is 1.25 bits per heavy atom. The van der Waals surface area contributed by atoms with E-state index in [0.717, 1.165) is 12.5 Å². The Kier molecular flexibility index (Phi) is 6.58. The van der Waals surface area contributed by atoms with Gasteiger partial charge in [0.2, 0.25) is 5.91 Å². The highest BCUT2D eigenvalue weighted by Crippen LogP contribution is 2.09. The summed E-state index contributed by atoms with van der Waals surface area (Å²) < 4.78 is 26.2. The molecule has 1 rings (SSSR count). The lowest BCUT2D eigenvalue weighted by molar-refractivity contribution is -0.122. The molecular formula is C15H22F2N2O. The third kappa shape index (κ3) is 5.65. The zero-order valence-electron chi connectivity index (χ0n) is 12.2. The van der Waals surface area contributed by atoms with Crippen LogP contribution in [0.15, 0.2) is 18.2 Å². The van der Waals surface area contributed by atoms with Crippen molar-refractivity contribution in [2.75, 3.05) is 6.54 Å². The van der Waals surface area contributed by atoms with E-state index < -0.39 is 17.7 Å². The van der Waals surface area contributed by atoms with Gasteiger partial charge in [-0.2, -0.15) is 0 Å². The molecule has 0 saturated heterocycles. The highest BCUT2D eigenvalue weighted by atomic mass is 19.1. The number of halogens is 2. The van der Waals surface area contributed by atoms with Crippen molar-refractivity contribution in [2.45, 2.75) is 39.8 Å². The van der Waals surface area contributed by atoms with Crippen LogP contribution in [0, 0.1) is 17.6 Å². The lowest BCUT2D eigenvalue weighted by Crippen LogP contribution is -2.42. The highest BCUT2D eigenvalue weighted by molar-refractivity contribution is 5.81. The first kappa shape index (κ1) is 16.6. The van der Waals surface area contributed by atoms with Crippen LogP contribution in [0.2, 0.25) is 0 Å². The molecule has 1 aromatic rings. The van der Waals surface area contributed by atoms with E-state index in [0.29, 0.717) is 18.0 Å². The lowest BCUT2D eigenvalue weighted by atomic mass is 10.1. The summed E-state index contributed by atoms with van der Waals surface area (Å²) in [6.45, 7) is 6.71. The van der Waals surface area contributed by atoms with Crippen LogP contribution in [0.25, 0.3) is 0 Å². The van der Waals surface area contributed by atoms with E-state index in [1.165, 1.54) is 12.1 Å². The number of nitrogens with one attached hydrogen (secondary N) is 2. The van der Waals surface area contributed by atoms with Crippen molar-refractivity contribution in [2.24, 2.45) is 5.92 Å². The molecule has 0 aliphatic rings. The first-order valence-electron chi connectivity index (χ1n) is 6.85. The van der Waals surface area contributed by atoms with Crippen molar-refractivity contribution in [1.29, 1.82) is 0 Å². The molecular weight excluding hydrogens is 262 g/mol. The van der Waals surface area contributed by atoms with Gasteiger partial charge >= 0.3 is 0 Å². The Morgan fingerprint density at radius 3 is 2.55 bits per heavy atom. The summed E-state index contributed by atoms with van der Waals surface area (Å²) in [6, 6.07) is 2.99. The largest absolute Gasteiger partial charge is 0.355 e. The Labute approximate surface area is 118 Å². The van der Waals surface area contributed by atoms with Crippen LogP contribution in [-0.2, 0) is 11.3 Å². The van der Waals surface area contributed by atoms with Gasteiger partial charge in [0.15, 0.2) is 0 Å². The van der Waals surface area contributed by atoms with Crippen molar-refractivity contribution in [1.82, 2.24) is 10.6 Å². The first-order valence-corrected chi connectivity index (χ1v) is 6.85. The standard InChI is InChI=1S/C15H22F2N2O/c1-10(2)6-7-18-15(20)11(3)19-9-12-4-5-13(16)8-14(12)17/h4-5,8,10-11,19H,6-7,9H2,1-3H3,(H,18,20). The Morgan fingerprint density at radius 2 is 1.95 bits per heavy atom. The average molecular weight is 284 g/mol. The molecule has 5 heteroatoms. The van der Waals surface area contributed by atoms with Gasteiger partial charge in [0.25, 0.3) is 0 Å². The smallest absolute Gasteiger partial charge is 0.236 e. The van der Waals surface area contributed by atoms with E-state index in [1.807, 2.05) is 0 Å². The Bertz CT molecular complexity index is 449. The van der Waals surface area contributed by atoms with Crippen molar-refractivity contribution in [3.05, 3.63) is 35.4 Å². The summed E-state index contributed by atoms with van der Waals surface area (Å²) in [5, 5.41) is 5.74. The molecule has 1 unspecified atom stereocenters. The molecule has 0 fully saturated rings. The average Bonchev–Trinajstić information content (AvgIpc) is 2.36. The maximum atomic E-state index is 13.4. The minimum Gasteiger partial charge on any atom is -0.355 e. The zero-order valence-corrected chi connectivity index (χ0v) is 12.2. The first-order chi connectivity index (χ1) is 9.40. The second-order valence-corrected chi connectivity index (χ2v) is 5.31. The zero-order chi connectivity index (χ0) is 15.1. The van der Waals surface area contributed by atoms with E-state index >= 15 is 0 Å². The van der Waals surface area contributed by atoms with E-state index in [9.17, 15) is 13.6 Å². The number of amides is 1. The van der Waals surface area contributed by atoms with E-state index in [2.05, 4.69) is 24.5 Å². The van der Waals surface area contributed by atoms with E-state index in [1.54, 1.807) is 6.92 Å². The predicted octanol–water partition coefficient (Wildman–Crippen LogP) is 2.61. The van der Waals surface area contributed by atoms with Gasteiger partial charge in [-0.25, -0.2) is 8.78 Å². The maximum absolute atomic E-state index is 13.4. The third-order valence-electron chi connectivity index (χ3n) is 3.03. The number of hydrogen-bond donors (Lipinski definition) is 2. The van der Waals surface area contributed by atoms with Gasteiger partial charge in [0.1, 0.15) is 11.6 Å². The minimum absolute atomic E-state index is 0.117. The lowest BCUT2D eigenvalue weighted by Gasteiger charge is -2.15. The number of benzene rings is 1. The second-order valence-electron chi connectivity index (χ2n) is 5.31. The van der Waals surface area contributed by atoms with E-state index in [-0.39, 0.29) is 12.5 Å². The van der Waals surface area contributed by atoms with Gasteiger partial charge in [-0.1, -0.05) is 19.9 Å². The molecule has 0 aliphatic carbocycles. The van der Waals surface area contributed by atoms with Gasteiger partial charge < -0.3 is 10.6 Å². The fourth-order valence-corrected chi connectivity index (χ4v) is 1.66. The molecule has 0 aromatic heterocycles. The maximum Gasteiger partial charge on any atom is 0.236 e. The normalized spacial score (nSPS) is 12.5. The summed E-state index contributed by atoms with van der Waals surface area (Å²) in [5.41, 5.74) is 0.341.